The monoisotopic (exact) mass is 464 g/mol. The number of benzene rings is 3. The molecule has 3 aromatic carbocycles. The minimum Gasteiger partial charge on any atom is -0.458 e. The summed E-state index contributed by atoms with van der Waals surface area (Å²) in [6.07, 6.45) is 1.24. The number of carbonyl (C=O) groups excluding carboxylic acids is 1. The molecule has 4 aromatic rings. The van der Waals surface area contributed by atoms with Gasteiger partial charge in [0.25, 0.3) is 5.69 Å². The molecule has 0 saturated carbocycles. The first-order valence-corrected chi connectivity index (χ1v) is 11.7. The standard InChI is InChI=1S/C29H24N2O4/c1-29(2)15-20-26-18-8-4-3-7-17(18)11-12-21(26)30-28(27(20)23(32)16-29)25-14-13-24(35-25)19-9-5-6-10-22(19)31(33)34/h3-14,28,30H,15-16H2,1-2H3/t28-/m1/s1. The molecule has 35 heavy (non-hydrogen) atoms. The lowest BCUT2D eigenvalue weighted by Gasteiger charge is -2.39. The molecule has 0 fully saturated rings. The van der Waals surface area contributed by atoms with E-state index < -0.39 is 11.0 Å². The normalized spacial score (nSPS) is 18.7. The Hall–Kier alpha value is -4.19. The summed E-state index contributed by atoms with van der Waals surface area (Å²) < 4.78 is 6.20. The van der Waals surface area contributed by atoms with Gasteiger partial charge in [-0.3, -0.25) is 14.9 Å². The van der Waals surface area contributed by atoms with E-state index in [1.807, 2.05) is 18.2 Å². The molecule has 6 rings (SSSR count). The maximum absolute atomic E-state index is 13.6. The van der Waals surface area contributed by atoms with Crippen LogP contribution in [0.5, 0.6) is 0 Å². The predicted octanol–water partition coefficient (Wildman–Crippen LogP) is 7.32. The van der Waals surface area contributed by atoms with Crippen LogP contribution < -0.4 is 5.32 Å². The summed E-state index contributed by atoms with van der Waals surface area (Å²) >= 11 is 0. The Morgan fingerprint density at radius 1 is 0.971 bits per heavy atom. The van der Waals surface area contributed by atoms with Crippen molar-refractivity contribution in [3.63, 3.8) is 0 Å². The van der Waals surface area contributed by atoms with Gasteiger partial charge in [0.2, 0.25) is 0 Å². The first-order valence-electron chi connectivity index (χ1n) is 11.7. The molecule has 0 spiro atoms. The molecule has 0 amide bonds. The van der Waals surface area contributed by atoms with Crippen LogP contribution in [0.1, 0.15) is 44.1 Å². The Kier molecular flexibility index (Phi) is 4.68. The van der Waals surface area contributed by atoms with Crippen LogP contribution in [0.3, 0.4) is 0 Å². The third kappa shape index (κ3) is 3.44. The minimum atomic E-state index is -0.459. The van der Waals surface area contributed by atoms with E-state index in [9.17, 15) is 14.9 Å². The number of nitrogens with one attached hydrogen (secondary N) is 1. The third-order valence-electron chi connectivity index (χ3n) is 7.02. The van der Waals surface area contributed by atoms with E-state index in [2.05, 4.69) is 43.4 Å². The number of furan rings is 1. The van der Waals surface area contributed by atoms with Crippen molar-refractivity contribution in [2.24, 2.45) is 5.41 Å². The first-order chi connectivity index (χ1) is 16.8. The van der Waals surface area contributed by atoms with Crippen LogP contribution in [-0.2, 0) is 4.79 Å². The predicted molar refractivity (Wildman–Crippen MR) is 136 cm³/mol. The SMILES string of the molecule is CC1(C)CC(=O)C2=C(C1)c1c(ccc3ccccc13)N[C@@H]2c1ccc(-c2ccccc2[N+](=O)[O-])o1. The number of anilines is 1. The fourth-order valence-corrected chi connectivity index (χ4v) is 5.54. The van der Waals surface area contributed by atoms with Crippen molar-refractivity contribution in [1.29, 1.82) is 0 Å². The smallest absolute Gasteiger partial charge is 0.280 e. The molecule has 0 saturated heterocycles. The summed E-state index contributed by atoms with van der Waals surface area (Å²) in [7, 11) is 0. The second kappa shape index (κ2) is 7.67. The zero-order valence-electron chi connectivity index (χ0n) is 19.5. The molecular formula is C29H24N2O4. The van der Waals surface area contributed by atoms with Crippen LogP contribution in [0.25, 0.3) is 27.7 Å². The number of rotatable bonds is 3. The van der Waals surface area contributed by atoms with Gasteiger partial charge in [0.05, 0.1) is 10.5 Å². The number of fused-ring (bicyclic) bond motifs is 4. The van der Waals surface area contributed by atoms with E-state index in [-0.39, 0.29) is 16.9 Å². The first kappa shape index (κ1) is 21.4. The summed E-state index contributed by atoms with van der Waals surface area (Å²) in [5, 5.41) is 17.3. The number of Topliss-reactive ketones (excluding diaryl/α,β-unsaturated/α-hetero) is 1. The Morgan fingerprint density at radius 3 is 2.57 bits per heavy atom. The summed E-state index contributed by atoms with van der Waals surface area (Å²) in [5.41, 5.74) is 4.09. The molecule has 1 aromatic heterocycles. The zero-order valence-corrected chi connectivity index (χ0v) is 19.5. The number of hydrogen-bond acceptors (Lipinski definition) is 5. The lowest BCUT2D eigenvalue weighted by atomic mass is 9.68. The lowest BCUT2D eigenvalue weighted by molar-refractivity contribution is -0.384. The van der Waals surface area contributed by atoms with Gasteiger partial charge in [-0.2, -0.15) is 0 Å². The van der Waals surface area contributed by atoms with Crippen LogP contribution in [-0.4, -0.2) is 10.7 Å². The van der Waals surface area contributed by atoms with Crippen molar-refractivity contribution in [3.05, 3.63) is 99.8 Å². The summed E-state index contributed by atoms with van der Waals surface area (Å²) in [5.74, 6) is 1.08. The molecule has 1 atom stereocenters. The van der Waals surface area contributed by atoms with E-state index in [4.69, 9.17) is 4.42 Å². The second-order valence-corrected chi connectivity index (χ2v) is 10.1. The van der Waals surface area contributed by atoms with Crippen LogP contribution in [0, 0.1) is 15.5 Å². The molecule has 2 aliphatic rings. The van der Waals surface area contributed by atoms with Gasteiger partial charge in [-0.05, 0) is 52.4 Å². The van der Waals surface area contributed by atoms with Crippen LogP contribution in [0.2, 0.25) is 0 Å². The fourth-order valence-electron chi connectivity index (χ4n) is 5.54. The zero-order chi connectivity index (χ0) is 24.3. The van der Waals surface area contributed by atoms with Crippen LogP contribution >= 0.6 is 0 Å². The molecule has 1 aliphatic carbocycles. The van der Waals surface area contributed by atoms with E-state index in [0.717, 1.165) is 39.6 Å². The number of ketones is 1. The van der Waals surface area contributed by atoms with Crippen molar-refractivity contribution < 1.29 is 14.1 Å². The second-order valence-electron chi connectivity index (χ2n) is 10.1. The maximum atomic E-state index is 13.6. The molecule has 0 radical (unpaired) electrons. The van der Waals surface area contributed by atoms with E-state index >= 15 is 0 Å². The fraction of sp³-hybridized carbons (Fsp3) is 0.207. The highest BCUT2D eigenvalue weighted by molar-refractivity contribution is 6.12. The highest BCUT2D eigenvalue weighted by atomic mass is 16.6. The van der Waals surface area contributed by atoms with E-state index in [1.165, 1.54) is 6.07 Å². The molecule has 0 unspecified atom stereocenters. The summed E-state index contributed by atoms with van der Waals surface area (Å²) in [6.45, 7) is 4.27. The number of carbonyl (C=O) groups is 1. The van der Waals surface area contributed by atoms with Crippen molar-refractivity contribution in [1.82, 2.24) is 0 Å². The van der Waals surface area contributed by atoms with Crippen molar-refractivity contribution in [2.75, 3.05) is 5.32 Å². The molecule has 1 aliphatic heterocycles. The van der Waals surface area contributed by atoms with Gasteiger partial charge in [0.15, 0.2) is 5.78 Å². The highest BCUT2D eigenvalue weighted by Gasteiger charge is 2.41. The molecule has 6 heteroatoms. The number of nitro benzene ring substituents is 1. The number of hydrogen-bond donors (Lipinski definition) is 1. The Morgan fingerprint density at radius 2 is 1.74 bits per heavy atom. The van der Waals surface area contributed by atoms with Crippen LogP contribution in [0.15, 0.2) is 82.8 Å². The Balaban J connectivity index is 1.53. The quantitative estimate of drug-likeness (QED) is 0.254. The van der Waals surface area contributed by atoms with Gasteiger partial charge in [0.1, 0.15) is 17.6 Å². The Labute approximate surface area is 202 Å². The lowest BCUT2D eigenvalue weighted by Crippen LogP contribution is -2.33. The average Bonchev–Trinajstić information content (AvgIpc) is 3.32. The van der Waals surface area contributed by atoms with Crippen LogP contribution in [0.4, 0.5) is 11.4 Å². The molecule has 1 N–H and O–H groups in total. The number of allylic oxidation sites excluding steroid dienone is 1. The van der Waals surface area contributed by atoms with E-state index in [0.29, 0.717) is 23.5 Å². The molecular weight excluding hydrogens is 440 g/mol. The van der Waals surface area contributed by atoms with Gasteiger partial charge in [0, 0.05) is 29.3 Å². The summed E-state index contributed by atoms with van der Waals surface area (Å²) in [4.78, 5) is 24.7. The minimum absolute atomic E-state index is 0.0165. The van der Waals surface area contributed by atoms with Crippen molar-refractivity contribution in [3.8, 4) is 11.3 Å². The average molecular weight is 465 g/mol. The summed E-state index contributed by atoms with van der Waals surface area (Å²) in [6, 6.07) is 22.0. The molecule has 0 bridgehead atoms. The van der Waals surface area contributed by atoms with Gasteiger partial charge >= 0.3 is 0 Å². The molecule has 2 heterocycles. The van der Waals surface area contributed by atoms with Gasteiger partial charge in [-0.15, -0.1) is 0 Å². The van der Waals surface area contributed by atoms with E-state index in [1.54, 1.807) is 24.3 Å². The Bertz CT molecular complexity index is 1560. The third-order valence-corrected chi connectivity index (χ3v) is 7.02. The molecule has 6 nitrogen and oxygen atoms in total. The number of para-hydroxylation sites is 1. The largest absolute Gasteiger partial charge is 0.458 e. The van der Waals surface area contributed by atoms with Crippen molar-refractivity contribution in [2.45, 2.75) is 32.7 Å². The topological polar surface area (TPSA) is 85.4 Å². The number of nitrogens with zero attached hydrogens (tertiary/aromatic N) is 1. The van der Waals surface area contributed by atoms with Gasteiger partial charge in [-0.1, -0.05) is 56.3 Å². The van der Waals surface area contributed by atoms with Crippen molar-refractivity contribution >= 4 is 33.5 Å². The van der Waals surface area contributed by atoms with Gasteiger partial charge < -0.3 is 9.73 Å². The molecule has 174 valence electrons. The number of nitro groups is 1. The van der Waals surface area contributed by atoms with Gasteiger partial charge in [-0.25, -0.2) is 0 Å². The highest BCUT2D eigenvalue weighted by Crippen LogP contribution is 2.52. The maximum Gasteiger partial charge on any atom is 0.280 e.